The number of carbonyl (C=O) groups is 2. The van der Waals surface area contributed by atoms with Gasteiger partial charge in [-0.3, -0.25) is 19.7 Å². The summed E-state index contributed by atoms with van der Waals surface area (Å²) in [6.45, 7) is 0. The third-order valence-electron chi connectivity index (χ3n) is 4.93. The molecule has 0 atom stereocenters. The first kappa shape index (κ1) is 21.5. The summed E-state index contributed by atoms with van der Waals surface area (Å²) in [6, 6.07) is 27.7. The smallest absolute Gasteiger partial charge is 0.272 e. The van der Waals surface area contributed by atoms with Crippen LogP contribution < -0.4 is 10.6 Å². The minimum Gasteiger partial charge on any atom is -0.321 e. The summed E-state index contributed by atoms with van der Waals surface area (Å²) in [5.41, 5.74) is 1.15. The van der Waals surface area contributed by atoms with E-state index in [1.165, 1.54) is 18.2 Å². The van der Waals surface area contributed by atoms with Gasteiger partial charge in [0.25, 0.3) is 17.5 Å². The van der Waals surface area contributed by atoms with Crippen molar-refractivity contribution in [1.82, 2.24) is 5.32 Å². The predicted octanol–water partition coefficient (Wildman–Crippen LogP) is 5.16. The lowest BCUT2D eigenvalue weighted by atomic mass is 10.1. The number of benzene rings is 4. The lowest BCUT2D eigenvalue weighted by Gasteiger charge is -2.12. The van der Waals surface area contributed by atoms with Gasteiger partial charge in [0.1, 0.15) is 5.70 Å². The monoisotopic (exact) mass is 437 g/mol. The fourth-order valence-corrected chi connectivity index (χ4v) is 3.30. The molecule has 33 heavy (non-hydrogen) atoms. The molecule has 0 aliphatic rings. The quantitative estimate of drug-likeness (QED) is 0.247. The second-order valence-electron chi connectivity index (χ2n) is 7.25. The molecule has 0 bridgehead atoms. The summed E-state index contributed by atoms with van der Waals surface area (Å²) in [5, 5.41) is 18.4. The third-order valence-corrected chi connectivity index (χ3v) is 4.93. The number of nitro groups is 1. The molecule has 0 fully saturated rings. The van der Waals surface area contributed by atoms with E-state index in [0.717, 1.165) is 16.8 Å². The molecule has 0 radical (unpaired) electrons. The van der Waals surface area contributed by atoms with Gasteiger partial charge in [-0.15, -0.1) is 0 Å². The fourth-order valence-electron chi connectivity index (χ4n) is 3.30. The maximum atomic E-state index is 13.1. The Morgan fingerprint density at radius 3 is 2.27 bits per heavy atom. The number of hydrogen-bond acceptors (Lipinski definition) is 4. The molecule has 4 aromatic carbocycles. The van der Waals surface area contributed by atoms with Gasteiger partial charge >= 0.3 is 0 Å². The predicted molar refractivity (Wildman–Crippen MR) is 128 cm³/mol. The second-order valence-corrected chi connectivity index (χ2v) is 7.25. The van der Waals surface area contributed by atoms with Gasteiger partial charge in [0, 0.05) is 23.4 Å². The highest BCUT2D eigenvalue weighted by Gasteiger charge is 2.17. The van der Waals surface area contributed by atoms with E-state index in [4.69, 9.17) is 0 Å². The van der Waals surface area contributed by atoms with Gasteiger partial charge < -0.3 is 10.6 Å². The number of anilines is 1. The number of hydrogen-bond donors (Lipinski definition) is 2. The van der Waals surface area contributed by atoms with Crippen LogP contribution in [0.1, 0.15) is 15.9 Å². The van der Waals surface area contributed by atoms with Gasteiger partial charge in [-0.25, -0.2) is 0 Å². The van der Waals surface area contributed by atoms with Crippen LogP contribution in [0.2, 0.25) is 0 Å². The lowest BCUT2D eigenvalue weighted by molar-refractivity contribution is -0.384. The number of fused-ring (bicyclic) bond motifs is 1. The number of amides is 2. The van der Waals surface area contributed by atoms with Crippen LogP contribution in [-0.2, 0) is 4.79 Å². The normalized spacial score (nSPS) is 11.1. The number of non-ortho nitro benzene ring substituents is 1. The Morgan fingerprint density at radius 1 is 0.788 bits per heavy atom. The van der Waals surface area contributed by atoms with Crippen molar-refractivity contribution >= 4 is 40.0 Å². The molecule has 0 saturated heterocycles. The zero-order chi connectivity index (χ0) is 23.2. The van der Waals surface area contributed by atoms with Gasteiger partial charge in [-0.05, 0) is 40.6 Å². The van der Waals surface area contributed by atoms with Crippen LogP contribution in [0.4, 0.5) is 11.4 Å². The summed E-state index contributed by atoms with van der Waals surface area (Å²) in [6.07, 6.45) is 1.55. The molecule has 2 N–H and O–H groups in total. The Hall–Kier alpha value is -4.78. The minimum absolute atomic E-state index is 0.00543. The summed E-state index contributed by atoms with van der Waals surface area (Å²) < 4.78 is 0. The molecule has 0 saturated carbocycles. The average Bonchev–Trinajstić information content (AvgIpc) is 2.84. The Morgan fingerprint density at radius 2 is 1.52 bits per heavy atom. The number of nitrogens with one attached hydrogen (secondary N) is 2. The standard InChI is InChI=1S/C26H19N3O4/c30-25(21-11-6-12-23(17-21)29(32)33)28-24(15-18-7-2-1-3-8-18)26(31)27-22-14-13-19-9-4-5-10-20(19)16-22/h1-17H,(H,27,31)(H,28,30)/b24-15-. The van der Waals surface area contributed by atoms with Crippen LogP contribution >= 0.6 is 0 Å². The molecule has 0 spiro atoms. The van der Waals surface area contributed by atoms with E-state index in [-0.39, 0.29) is 16.9 Å². The maximum absolute atomic E-state index is 13.1. The van der Waals surface area contributed by atoms with E-state index in [2.05, 4.69) is 10.6 Å². The molecule has 2 amide bonds. The second kappa shape index (κ2) is 9.57. The van der Waals surface area contributed by atoms with Crippen molar-refractivity contribution in [1.29, 1.82) is 0 Å². The van der Waals surface area contributed by atoms with E-state index >= 15 is 0 Å². The summed E-state index contributed by atoms with van der Waals surface area (Å²) >= 11 is 0. The van der Waals surface area contributed by atoms with E-state index < -0.39 is 16.7 Å². The highest BCUT2D eigenvalue weighted by molar-refractivity contribution is 6.11. The van der Waals surface area contributed by atoms with E-state index in [1.807, 2.05) is 54.6 Å². The molecule has 0 unspecified atom stereocenters. The first-order valence-electron chi connectivity index (χ1n) is 10.1. The largest absolute Gasteiger partial charge is 0.321 e. The van der Waals surface area contributed by atoms with Crippen molar-refractivity contribution < 1.29 is 14.5 Å². The van der Waals surface area contributed by atoms with E-state index in [1.54, 1.807) is 24.3 Å². The van der Waals surface area contributed by atoms with Crippen molar-refractivity contribution in [3.63, 3.8) is 0 Å². The SMILES string of the molecule is O=C(Nc1ccc2ccccc2c1)/C(=C/c1ccccc1)NC(=O)c1cccc([N+](=O)[O-])c1. The van der Waals surface area contributed by atoms with Crippen LogP contribution in [-0.4, -0.2) is 16.7 Å². The van der Waals surface area contributed by atoms with E-state index in [0.29, 0.717) is 11.3 Å². The maximum Gasteiger partial charge on any atom is 0.272 e. The molecule has 0 aliphatic carbocycles. The Kier molecular flexibility index (Phi) is 6.22. The van der Waals surface area contributed by atoms with Gasteiger partial charge in [-0.1, -0.05) is 66.7 Å². The molecule has 0 aliphatic heterocycles. The van der Waals surface area contributed by atoms with Crippen LogP contribution in [0.25, 0.3) is 16.8 Å². The summed E-state index contributed by atoms with van der Waals surface area (Å²) in [5.74, 6) is -1.15. The zero-order valence-corrected chi connectivity index (χ0v) is 17.4. The van der Waals surface area contributed by atoms with Crippen molar-refractivity contribution in [2.24, 2.45) is 0 Å². The minimum atomic E-state index is -0.630. The molecule has 162 valence electrons. The Labute approximate surface area is 189 Å². The van der Waals surface area contributed by atoms with Crippen molar-refractivity contribution in [2.75, 3.05) is 5.32 Å². The number of nitrogens with zero attached hydrogens (tertiary/aromatic N) is 1. The highest BCUT2D eigenvalue weighted by atomic mass is 16.6. The highest BCUT2D eigenvalue weighted by Crippen LogP contribution is 2.20. The average molecular weight is 437 g/mol. The molecule has 7 nitrogen and oxygen atoms in total. The Bertz CT molecular complexity index is 1380. The number of rotatable bonds is 6. The van der Waals surface area contributed by atoms with Gasteiger partial charge in [0.15, 0.2) is 0 Å². The molecular formula is C26H19N3O4. The first-order valence-corrected chi connectivity index (χ1v) is 10.1. The summed E-state index contributed by atoms with van der Waals surface area (Å²) in [4.78, 5) is 36.4. The van der Waals surface area contributed by atoms with E-state index in [9.17, 15) is 19.7 Å². The third kappa shape index (κ3) is 5.29. The van der Waals surface area contributed by atoms with Crippen molar-refractivity contribution in [3.8, 4) is 0 Å². The molecule has 0 heterocycles. The van der Waals surface area contributed by atoms with Crippen LogP contribution in [0.3, 0.4) is 0 Å². The van der Waals surface area contributed by atoms with Crippen LogP contribution in [0.5, 0.6) is 0 Å². The molecule has 4 aromatic rings. The molecule has 4 rings (SSSR count). The molecule has 7 heteroatoms. The lowest BCUT2D eigenvalue weighted by Crippen LogP contribution is -2.30. The van der Waals surface area contributed by atoms with Gasteiger partial charge in [0.2, 0.25) is 0 Å². The van der Waals surface area contributed by atoms with Crippen LogP contribution in [0.15, 0.2) is 103 Å². The first-order chi connectivity index (χ1) is 16.0. The number of carbonyl (C=O) groups excluding carboxylic acids is 2. The summed E-state index contributed by atoms with van der Waals surface area (Å²) in [7, 11) is 0. The fraction of sp³-hybridized carbons (Fsp3) is 0. The topological polar surface area (TPSA) is 101 Å². The van der Waals surface area contributed by atoms with Gasteiger partial charge in [-0.2, -0.15) is 0 Å². The molecule has 0 aromatic heterocycles. The van der Waals surface area contributed by atoms with Crippen LogP contribution in [0, 0.1) is 10.1 Å². The van der Waals surface area contributed by atoms with Crippen molar-refractivity contribution in [2.45, 2.75) is 0 Å². The molecular weight excluding hydrogens is 418 g/mol. The number of nitro benzene ring substituents is 1. The Balaban J connectivity index is 1.62. The van der Waals surface area contributed by atoms with Crippen molar-refractivity contribution in [3.05, 3.63) is 124 Å². The van der Waals surface area contributed by atoms with Gasteiger partial charge in [0.05, 0.1) is 4.92 Å². The zero-order valence-electron chi connectivity index (χ0n) is 17.4.